The van der Waals surface area contributed by atoms with Gasteiger partial charge in [-0.05, 0) is 31.2 Å². The number of urea groups is 1. The zero-order valence-electron chi connectivity index (χ0n) is 11.7. The Kier molecular flexibility index (Phi) is 5.76. The number of hydrogen-bond acceptors (Lipinski definition) is 4. The van der Waals surface area contributed by atoms with Crippen LogP contribution in [0.4, 0.5) is 10.5 Å². The van der Waals surface area contributed by atoms with E-state index in [1.807, 2.05) is 0 Å². The van der Waals surface area contributed by atoms with Gasteiger partial charge in [-0.2, -0.15) is 11.8 Å². The van der Waals surface area contributed by atoms with Crippen LogP contribution in [-0.2, 0) is 9.53 Å². The third-order valence-electron chi connectivity index (χ3n) is 3.04. The minimum absolute atomic E-state index is 0.296. The van der Waals surface area contributed by atoms with Crippen molar-refractivity contribution < 1.29 is 14.3 Å². The molecule has 1 aromatic carbocycles. The van der Waals surface area contributed by atoms with Gasteiger partial charge in [0.25, 0.3) is 0 Å². The van der Waals surface area contributed by atoms with E-state index in [1.54, 1.807) is 43.0 Å². The zero-order valence-corrected chi connectivity index (χ0v) is 13.2. The van der Waals surface area contributed by atoms with Crippen LogP contribution in [0.1, 0.15) is 6.92 Å². The third kappa shape index (κ3) is 4.28. The first kappa shape index (κ1) is 16.0. The summed E-state index contributed by atoms with van der Waals surface area (Å²) in [6.45, 7) is 2.59. The van der Waals surface area contributed by atoms with Gasteiger partial charge in [0.05, 0.1) is 6.61 Å². The second kappa shape index (κ2) is 7.56. The SMILES string of the molecule is CCOC(=O)C1CSCCN1C(=O)Nc1ccc(Cl)cc1. The minimum Gasteiger partial charge on any atom is -0.464 e. The van der Waals surface area contributed by atoms with E-state index in [0.29, 0.717) is 29.6 Å². The number of benzene rings is 1. The molecule has 2 rings (SSSR count). The Bertz CT molecular complexity index is 509. The van der Waals surface area contributed by atoms with Crippen LogP contribution in [0.2, 0.25) is 5.02 Å². The first-order valence-electron chi connectivity index (χ1n) is 6.69. The summed E-state index contributed by atoms with van der Waals surface area (Å²) in [7, 11) is 0. The maximum atomic E-state index is 12.3. The summed E-state index contributed by atoms with van der Waals surface area (Å²) in [4.78, 5) is 25.8. The summed E-state index contributed by atoms with van der Waals surface area (Å²) in [6.07, 6.45) is 0. The number of esters is 1. The van der Waals surface area contributed by atoms with Crippen molar-refractivity contribution in [2.45, 2.75) is 13.0 Å². The molecule has 1 heterocycles. The van der Waals surface area contributed by atoms with Crippen molar-refractivity contribution in [3.63, 3.8) is 0 Å². The van der Waals surface area contributed by atoms with Gasteiger partial charge in [0, 0.05) is 28.8 Å². The van der Waals surface area contributed by atoms with Crippen LogP contribution in [0.5, 0.6) is 0 Å². The number of carbonyl (C=O) groups excluding carboxylic acids is 2. The quantitative estimate of drug-likeness (QED) is 0.867. The first-order valence-corrected chi connectivity index (χ1v) is 8.22. The molecule has 1 aromatic rings. The van der Waals surface area contributed by atoms with E-state index in [1.165, 1.54) is 4.90 Å². The highest BCUT2D eigenvalue weighted by molar-refractivity contribution is 7.99. The highest BCUT2D eigenvalue weighted by atomic mass is 35.5. The molecule has 1 aliphatic rings. The topological polar surface area (TPSA) is 58.6 Å². The summed E-state index contributed by atoms with van der Waals surface area (Å²) < 4.78 is 5.04. The highest BCUT2D eigenvalue weighted by Gasteiger charge is 2.33. The van der Waals surface area contributed by atoms with Gasteiger partial charge in [-0.25, -0.2) is 9.59 Å². The molecule has 1 fully saturated rings. The maximum Gasteiger partial charge on any atom is 0.329 e. The van der Waals surface area contributed by atoms with E-state index in [-0.39, 0.29) is 12.0 Å². The van der Waals surface area contributed by atoms with Crippen molar-refractivity contribution in [2.75, 3.05) is 30.0 Å². The molecule has 0 spiro atoms. The van der Waals surface area contributed by atoms with E-state index >= 15 is 0 Å². The predicted octanol–water partition coefficient (Wildman–Crippen LogP) is 2.85. The number of hydrogen-bond donors (Lipinski definition) is 1. The normalized spacial score (nSPS) is 18.2. The van der Waals surface area contributed by atoms with Crippen molar-refractivity contribution in [3.8, 4) is 0 Å². The number of rotatable bonds is 3. The molecular weight excluding hydrogens is 312 g/mol. The fourth-order valence-corrected chi connectivity index (χ4v) is 3.17. The summed E-state index contributed by atoms with van der Waals surface area (Å²) in [6, 6.07) is 6.01. The molecule has 0 bridgehead atoms. The minimum atomic E-state index is -0.531. The Hall–Kier alpha value is -1.40. The van der Waals surface area contributed by atoms with Crippen LogP contribution >= 0.6 is 23.4 Å². The Morgan fingerprint density at radius 3 is 2.81 bits per heavy atom. The van der Waals surface area contributed by atoms with Crippen molar-refractivity contribution in [1.29, 1.82) is 0 Å². The Morgan fingerprint density at radius 1 is 1.43 bits per heavy atom. The number of thioether (sulfide) groups is 1. The van der Waals surface area contributed by atoms with Crippen molar-refractivity contribution >= 4 is 41.1 Å². The molecule has 7 heteroatoms. The van der Waals surface area contributed by atoms with E-state index in [0.717, 1.165) is 5.75 Å². The summed E-state index contributed by atoms with van der Waals surface area (Å²) in [5, 5.41) is 3.38. The molecule has 0 aliphatic carbocycles. The number of halogens is 1. The molecule has 1 unspecified atom stereocenters. The number of amides is 2. The second-order valence-corrected chi connectivity index (χ2v) is 6.06. The Balaban J connectivity index is 2.04. The number of nitrogens with one attached hydrogen (secondary N) is 1. The van der Waals surface area contributed by atoms with Gasteiger partial charge in [-0.3, -0.25) is 0 Å². The maximum absolute atomic E-state index is 12.3. The highest BCUT2D eigenvalue weighted by Crippen LogP contribution is 2.20. The molecule has 114 valence electrons. The molecule has 1 N–H and O–H groups in total. The average Bonchev–Trinajstić information content (AvgIpc) is 2.50. The van der Waals surface area contributed by atoms with Crippen LogP contribution in [0.25, 0.3) is 0 Å². The van der Waals surface area contributed by atoms with Crippen LogP contribution in [0.3, 0.4) is 0 Å². The monoisotopic (exact) mass is 328 g/mol. The number of nitrogens with zero attached hydrogens (tertiary/aromatic N) is 1. The lowest BCUT2D eigenvalue weighted by atomic mass is 10.2. The molecule has 0 aromatic heterocycles. The predicted molar refractivity (Wildman–Crippen MR) is 84.9 cm³/mol. The Morgan fingerprint density at radius 2 is 2.14 bits per heavy atom. The average molecular weight is 329 g/mol. The lowest BCUT2D eigenvalue weighted by Crippen LogP contribution is -2.52. The van der Waals surface area contributed by atoms with E-state index in [2.05, 4.69) is 5.32 Å². The first-order chi connectivity index (χ1) is 10.1. The van der Waals surface area contributed by atoms with E-state index < -0.39 is 6.04 Å². The fraction of sp³-hybridized carbons (Fsp3) is 0.429. The van der Waals surface area contributed by atoms with Crippen molar-refractivity contribution in [2.24, 2.45) is 0 Å². The molecule has 1 atom stereocenters. The lowest BCUT2D eigenvalue weighted by molar-refractivity contribution is -0.147. The summed E-state index contributed by atoms with van der Waals surface area (Å²) >= 11 is 7.46. The van der Waals surface area contributed by atoms with Crippen LogP contribution in [-0.4, -0.2) is 47.6 Å². The van der Waals surface area contributed by atoms with Gasteiger partial charge in [0.1, 0.15) is 6.04 Å². The van der Waals surface area contributed by atoms with Crippen LogP contribution in [0.15, 0.2) is 24.3 Å². The molecular formula is C14H17ClN2O3S. The second-order valence-electron chi connectivity index (χ2n) is 4.47. The van der Waals surface area contributed by atoms with Crippen molar-refractivity contribution in [1.82, 2.24) is 4.90 Å². The molecule has 2 amide bonds. The standard InChI is InChI=1S/C14H17ClN2O3S/c1-2-20-13(18)12-9-21-8-7-17(12)14(19)16-11-5-3-10(15)4-6-11/h3-6,12H,2,7-9H2,1H3,(H,16,19). The van der Waals surface area contributed by atoms with Gasteiger partial charge < -0.3 is 15.0 Å². The smallest absolute Gasteiger partial charge is 0.329 e. The van der Waals surface area contributed by atoms with Gasteiger partial charge in [-0.15, -0.1) is 0 Å². The van der Waals surface area contributed by atoms with Gasteiger partial charge >= 0.3 is 12.0 Å². The molecule has 21 heavy (non-hydrogen) atoms. The Labute approximate surface area is 133 Å². The van der Waals surface area contributed by atoms with Gasteiger partial charge in [0.15, 0.2) is 0 Å². The number of carbonyl (C=O) groups is 2. The molecule has 5 nitrogen and oxygen atoms in total. The summed E-state index contributed by atoms with van der Waals surface area (Å²) in [5.74, 6) is 1.02. The van der Waals surface area contributed by atoms with Crippen LogP contribution < -0.4 is 5.32 Å². The lowest BCUT2D eigenvalue weighted by Gasteiger charge is -2.33. The fourth-order valence-electron chi connectivity index (χ4n) is 2.01. The van der Waals surface area contributed by atoms with Crippen molar-refractivity contribution in [3.05, 3.63) is 29.3 Å². The van der Waals surface area contributed by atoms with Gasteiger partial charge in [0.2, 0.25) is 0 Å². The number of anilines is 1. The largest absolute Gasteiger partial charge is 0.464 e. The van der Waals surface area contributed by atoms with E-state index in [4.69, 9.17) is 16.3 Å². The molecule has 1 saturated heterocycles. The molecule has 1 aliphatic heterocycles. The molecule has 0 saturated carbocycles. The zero-order chi connectivity index (χ0) is 15.2. The summed E-state index contributed by atoms with van der Waals surface area (Å²) in [5.41, 5.74) is 0.644. The van der Waals surface area contributed by atoms with Gasteiger partial charge in [-0.1, -0.05) is 11.6 Å². The van der Waals surface area contributed by atoms with E-state index in [9.17, 15) is 9.59 Å². The molecule has 0 radical (unpaired) electrons. The number of ether oxygens (including phenoxy) is 1. The third-order valence-corrected chi connectivity index (χ3v) is 4.32. The van der Waals surface area contributed by atoms with Crippen LogP contribution in [0, 0.1) is 0 Å².